The average molecular weight is 616 g/mol. The Labute approximate surface area is 265 Å². The van der Waals surface area contributed by atoms with Crippen LogP contribution in [0.2, 0.25) is 0 Å². The Balaban J connectivity index is 1.25. The Kier molecular flexibility index (Phi) is 8.27. The zero-order valence-corrected chi connectivity index (χ0v) is 27.0. The van der Waals surface area contributed by atoms with Gasteiger partial charge < -0.3 is 20.4 Å². The molecule has 2 aromatic rings. The number of amides is 2. The van der Waals surface area contributed by atoms with E-state index in [0.717, 1.165) is 23.1 Å². The molecule has 4 fully saturated rings. The first-order valence-corrected chi connectivity index (χ1v) is 16.1. The smallest absolute Gasteiger partial charge is 0.258 e. The number of benzene rings is 2. The zero-order chi connectivity index (χ0) is 32.4. The highest BCUT2D eigenvalue weighted by Gasteiger charge is 2.57. The summed E-state index contributed by atoms with van der Waals surface area (Å²) in [6, 6.07) is 12.3. The SMILES string of the molecule is C/C=C1/C(=O)c2cc(-c3cccc(CN4O[C@@H](CO)[C@@H]([C@H](C)O)[C@H]4C(=O)N[C@H]4C[C@H]5C[C@@H]([C@@H]4C)C5(C)C)c3)ccc2C(=O)N1C. The maximum absolute atomic E-state index is 14.0. The lowest BCUT2D eigenvalue weighted by Crippen LogP contribution is -2.62. The van der Waals surface area contributed by atoms with E-state index >= 15 is 0 Å². The molecule has 3 aliphatic carbocycles. The molecule has 240 valence electrons. The van der Waals surface area contributed by atoms with Crippen LogP contribution in [0.4, 0.5) is 0 Å². The normalized spacial score (nSPS) is 32.3. The van der Waals surface area contributed by atoms with Gasteiger partial charge in [0.25, 0.3) is 5.91 Å². The number of Topliss-reactive ketones (excluding diaryl/α,β-unsaturated/α-hetero) is 1. The lowest BCUT2D eigenvalue weighted by molar-refractivity contribution is -0.183. The van der Waals surface area contributed by atoms with Gasteiger partial charge in [-0.15, -0.1) is 0 Å². The molecule has 5 aliphatic rings. The molecule has 9 nitrogen and oxygen atoms in total. The number of hydrogen-bond donors (Lipinski definition) is 3. The number of fused-ring (bicyclic) bond motifs is 3. The number of hydrogen-bond acceptors (Lipinski definition) is 7. The number of nitrogens with one attached hydrogen (secondary N) is 1. The summed E-state index contributed by atoms with van der Waals surface area (Å²) in [5, 5.41) is 25.8. The van der Waals surface area contributed by atoms with Crippen LogP contribution >= 0.6 is 0 Å². The van der Waals surface area contributed by atoms with Gasteiger partial charge in [0.2, 0.25) is 11.7 Å². The van der Waals surface area contributed by atoms with Gasteiger partial charge in [0.1, 0.15) is 12.1 Å². The first-order chi connectivity index (χ1) is 21.4. The summed E-state index contributed by atoms with van der Waals surface area (Å²) < 4.78 is 0. The molecule has 0 spiro atoms. The molecule has 3 saturated carbocycles. The van der Waals surface area contributed by atoms with Crippen LogP contribution in [0.15, 0.2) is 54.2 Å². The summed E-state index contributed by atoms with van der Waals surface area (Å²) in [7, 11) is 1.60. The van der Waals surface area contributed by atoms with Crippen LogP contribution in [0.5, 0.6) is 0 Å². The van der Waals surface area contributed by atoms with Crippen molar-refractivity contribution in [3.8, 4) is 11.1 Å². The fourth-order valence-corrected chi connectivity index (χ4v) is 8.52. The first-order valence-electron chi connectivity index (χ1n) is 16.1. The standard InChI is InChI=1S/C36H45N3O6/c1-7-29-33(42)26-14-23(11-12-25(26)35(44)38(29)6)22-10-8-9-21(13-22)17-39-32(31(20(3)41)30(18-40)45-39)34(43)37-28-16-24-15-27(19(28)2)36(24,4)5/h7-14,19-20,24,27-28,30-32,40-41H,15-18H2,1-6H3,(H,37,43)/b29-7-/t19-,20-,24+,27-,28-,30-,31+,32-/m0/s1. The van der Waals surface area contributed by atoms with Crippen LogP contribution in [0.3, 0.4) is 0 Å². The number of nitrogens with zero attached hydrogens (tertiary/aromatic N) is 2. The van der Waals surface area contributed by atoms with Gasteiger partial charge in [-0.1, -0.05) is 51.1 Å². The molecule has 0 radical (unpaired) electrons. The number of allylic oxidation sites excluding steroid dienone is 2. The lowest BCUT2D eigenvalue weighted by Gasteiger charge is -2.62. The first kappa shape index (κ1) is 31.6. The summed E-state index contributed by atoms with van der Waals surface area (Å²) >= 11 is 0. The minimum absolute atomic E-state index is 0.0590. The molecule has 2 bridgehead atoms. The topological polar surface area (TPSA) is 119 Å². The summed E-state index contributed by atoms with van der Waals surface area (Å²) in [6.07, 6.45) is 2.21. The van der Waals surface area contributed by atoms with Crippen molar-refractivity contribution in [1.82, 2.24) is 15.3 Å². The Morgan fingerprint density at radius 1 is 1.13 bits per heavy atom. The van der Waals surface area contributed by atoms with Crippen molar-refractivity contribution < 1.29 is 29.4 Å². The van der Waals surface area contributed by atoms with Gasteiger partial charge in [-0.2, -0.15) is 5.06 Å². The number of rotatable bonds is 7. The van der Waals surface area contributed by atoms with E-state index in [4.69, 9.17) is 4.84 Å². The minimum atomic E-state index is -0.873. The number of aliphatic hydroxyl groups excluding tert-OH is 2. The van der Waals surface area contributed by atoms with E-state index < -0.39 is 24.2 Å². The van der Waals surface area contributed by atoms with Gasteiger partial charge in [-0.05, 0) is 84.7 Å². The molecule has 0 aromatic heterocycles. The second-order valence-corrected chi connectivity index (χ2v) is 14.1. The zero-order valence-electron chi connectivity index (χ0n) is 27.0. The van der Waals surface area contributed by atoms with Crippen molar-refractivity contribution in [1.29, 1.82) is 0 Å². The molecule has 9 heteroatoms. The largest absolute Gasteiger partial charge is 0.394 e. The Hall–Kier alpha value is -3.37. The Bertz CT molecular complexity index is 1550. The number of ketones is 1. The van der Waals surface area contributed by atoms with Gasteiger partial charge in [0.15, 0.2) is 0 Å². The third-order valence-corrected chi connectivity index (χ3v) is 11.3. The van der Waals surface area contributed by atoms with Crippen LogP contribution < -0.4 is 5.32 Å². The quantitative estimate of drug-likeness (QED) is 0.400. The Morgan fingerprint density at radius 2 is 1.87 bits per heavy atom. The number of hydroxylamine groups is 2. The lowest BCUT2D eigenvalue weighted by atomic mass is 9.45. The van der Waals surface area contributed by atoms with E-state index in [0.29, 0.717) is 40.0 Å². The van der Waals surface area contributed by atoms with Crippen LogP contribution in [-0.2, 0) is 16.2 Å². The van der Waals surface area contributed by atoms with E-state index in [1.807, 2.05) is 30.3 Å². The van der Waals surface area contributed by atoms with Gasteiger partial charge >= 0.3 is 0 Å². The van der Waals surface area contributed by atoms with E-state index in [-0.39, 0.29) is 36.8 Å². The molecule has 1 saturated heterocycles. The highest BCUT2D eigenvalue weighted by Crippen LogP contribution is 2.61. The van der Waals surface area contributed by atoms with E-state index in [2.05, 4.69) is 26.1 Å². The second-order valence-electron chi connectivity index (χ2n) is 14.1. The monoisotopic (exact) mass is 615 g/mol. The summed E-state index contributed by atoms with van der Waals surface area (Å²) in [5.41, 5.74) is 3.89. The maximum atomic E-state index is 14.0. The average Bonchev–Trinajstić information content (AvgIpc) is 3.39. The molecular formula is C36H45N3O6. The molecule has 2 aromatic carbocycles. The van der Waals surface area contributed by atoms with Gasteiger partial charge in [0, 0.05) is 24.6 Å². The number of aliphatic hydroxyl groups is 2. The maximum Gasteiger partial charge on any atom is 0.258 e. The van der Waals surface area contributed by atoms with Gasteiger partial charge in [0.05, 0.1) is 30.5 Å². The highest BCUT2D eigenvalue weighted by molar-refractivity contribution is 6.21. The molecule has 7 rings (SSSR count). The summed E-state index contributed by atoms with van der Waals surface area (Å²) in [6.45, 7) is 10.2. The van der Waals surface area contributed by atoms with Crippen LogP contribution in [0, 0.1) is 29.1 Å². The molecule has 3 N–H and O–H groups in total. The summed E-state index contributed by atoms with van der Waals surface area (Å²) in [5.74, 6) is 0.298. The minimum Gasteiger partial charge on any atom is -0.394 e. The van der Waals surface area contributed by atoms with Crippen molar-refractivity contribution in [2.45, 2.75) is 78.3 Å². The van der Waals surface area contributed by atoms with Crippen molar-refractivity contribution in [3.05, 3.63) is 70.9 Å². The van der Waals surface area contributed by atoms with Gasteiger partial charge in [-0.25, -0.2) is 0 Å². The second kappa shape index (κ2) is 11.8. The third kappa shape index (κ3) is 5.23. The molecule has 2 amide bonds. The number of carbonyl (C=O) groups excluding carboxylic acids is 3. The fourth-order valence-electron chi connectivity index (χ4n) is 8.52. The van der Waals surface area contributed by atoms with Gasteiger partial charge in [-0.3, -0.25) is 19.2 Å². The third-order valence-electron chi connectivity index (χ3n) is 11.3. The number of carbonyl (C=O) groups is 3. The van der Waals surface area contributed by atoms with E-state index in [1.54, 1.807) is 44.2 Å². The highest BCUT2D eigenvalue weighted by atomic mass is 16.7. The van der Waals surface area contributed by atoms with Crippen molar-refractivity contribution >= 4 is 17.6 Å². The molecule has 2 heterocycles. The van der Waals surface area contributed by atoms with E-state index in [9.17, 15) is 24.6 Å². The molecule has 45 heavy (non-hydrogen) atoms. The van der Waals surface area contributed by atoms with Crippen molar-refractivity contribution in [2.24, 2.45) is 29.1 Å². The fraction of sp³-hybridized carbons (Fsp3) is 0.528. The predicted octanol–water partition coefficient (Wildman–Crippen LogP) is 4.19. The molecule has 0 unspecified atom stereocenters. The van der Waals surface area contributed by atoms with Crippen LogP contribution in [0.1, 0.15) is 73.7 Å². The number of likely N-dealkylation sites (N-methyl/N-ethyl adjacent to an activating group) is 1. The van der Waals surface area contributed by atoms with Crippen molar-refractivity contribution in [3.63, 3.8) is 0 Å². The van der Waals surface area contributed by atoms with Crippen LogP contribution in [0.25, 0.3) is 11.1 Å². The van der Waals surface area contributed by atoms with Crippen molar-refractivity contribution in [2.75, 3.05) is 13.7 Å². The predicted molar refractivity (Wildman–Crippen MR) is 170 cm³/mol. The van der Waals surface area contributed by atoms with Crippen LogP contribution in [-0.4, -0.2) is 75.7 Å². The summed E-state index contributed by atoms with van der Waals surface area (Å²) in [4.78, 5) is 47.6. The Morgan fingerprint density at radius 3 is 2.51 bits per heavy atom. The molecule has 8 atom stereocenters. The van der Waals surface area contributed by atoms with E-state index in [1.165, 1.54) is 11.3 Å². The molecule has 2 aliphatic heterocycles. The molecular weight excluding hydrogens is 570 g/mol.